The zero-order chi connectivity index (χ0) is 12.1. The summed E-state index contributed by atoms with van der Waals surface area (Å²) < 4.78 is 0. The first-order chi connectivity index (χ1) is 7.56. The molecule has 1 rings (SSSR count). The molecule has 0 radical (unpaired) electrons. The van der Waals surface area contributed by atoms with Crippen molar-refractivity contribution in [1.29, 1.82) is 0 Å². The normalized spacial score (nSPS) is 27.9. The third kappa shape index (κ3) is 3.48. The number of hydrogen-bond acceptors (Lipinski definition) is 2. The molecule has 0 spiro atoms. The molecule has 1 aliphatic rings. The molecular weight excluding hydrogens is 200 g/mol. The number of carbonyl (C=O) groups excluding carboxylic acids is 1. The van der Waals surface area contributed by atoms with E-state index >= 15 is 0 Å². The quantitative estimate of drug-likeness (QED) is 0.798. The molecule has 3 heteroatoms. The van der Waals surface area contributed by atoms with E-state index in [0.717, 1.165) is 44.6 Å². The molecule has 0 aromatic rings. The fourth-order valence-corrected chi connectivity index (χ4v) is 2.50. The Morgan fingerprint density at radius 1 is 1.50 bits per heavy atom. The van der Waals surface area contributed by atoms with Crippen LogP contribution in [-0.4, -0.2) is 29.4 Å². The molecule has 94 valence electrons. The highest BCUT2D eigenvalue weighted by Gasteiger charge is 2.29. The average molecular weight is 226 g/mol. The van der Waals surface area contributed by atoms with Crippen molar-refractivity contribution in [3.05, 3.63) is 0 Å². The topological polar surface area (TPSA) is 46.3 Å². The second kappa shape index (κ2) is 6.24. The first-order valence-corrected chi connectivity index (χ1v) is 6.62. The van der Waals surface area contributed by atoms with E-state index in [-0.39, 0.29) is 11.9 Å². The Bertz CT molecular complexity index is 230. The van der Waals surface area contributed by atoms with E-state index in [1.54, 1.807) is 0 Å². The van der Waals surface area contributed by atoms with Crippen LogP contribution in [0.5, 0.6) is 0 Å². The predicted octanol–water partition coefficient (Wildman–Crippen LogP) is 2.15. The maximum atomic E-state index is 12.1. The van der Waals surface area contributed by atoms with Crippen molar-refractivity contribution in [3.63, 3.8) is 0 Å². The zero-order valence-electron chi connectivity index (χ0n) is 10.9. The molecule has 3 atom stereocenters. The Balaban J connectivity index is 2.46. The van der Waals surface area contributed by atoms with Crippen LogP contribution in [0.25, 0.3) is 0 Å². The van der Waals surface area contributed by atoms with Gasteiger partial charge in [0.2, 0.25) is 5.91 Å². The number of carbonyl (C=O) groups is 1. The van der Waals surface area contributed by atoms with Crippen LogP contribution < -0.4 is 5.73 Å². The van der Waals surface area contributed by atoms with Crippen LogP contribution in [0.1, 0.15) is 52.9 Å². The lowest BCUT2D eigenvalue weighted by molar-refractivity contribution is -0.136. The largest absolute Gasteiger partial charge is 0.339 e. The van der Waals surface area contributed by atoms with Gasteiger partial charge in [0.1, 0.15) is 0 Å². The minimum absolute atomic E-state index is 0.160. The number of likely N-dealkylation sites (tertiary alicyclic amines) is 1. The molecule has 0 bridgehead atoms. The number of nitrogens with zero attached hydrogens (tertiary/aromatic N) is 1. The van der Waals surface area contributed by atoms with E-state index in [0.29, 0.717) is 6.04 Å². The Hall–Kier alpha value is -0.570. The van der Waals surface area contributed by atoms with Crippen molar-refractivity contribution in [2.24, 2.45) is 11.7 Å². The van der Waals surface area contributed by atoms with Crippen LogP contribution in [0.4, 0.5) is 0 Å². The van der Waals surface area contributed by atoms with Crippen molar-refractivity contribution < 1.29 is 4.79 Å². The van der Waals surface area contributed by atoms with Gasteiger partial charge in [0.05, 0.1) is 6.04 Å². The molecule has 1 fully saturated rings. The Morgan fingerprint density at radius 3 is 2.75 bits per heavy atom. The highest BCUT2D eigenvalue weighted by atomic mass is 16.2. The summed E-state index contributed by atoms with van der Waals surface area (Å²) in [5.74, 6) is 0.902. The van der Waals surface area contributed by atoms with Crippen molar-refractivity contribution in [2.75, 3.05) is 6.54 Å². The third-order valence-electron chi connectivity index (χ3n) is 3.61. The molecule has 2 unspecified atom stereocenters. The van der Waals surface area contributed by atoms with Gasteiger partial charge in [-0.25, -0.2) is 0 Å². The molecule has 0 aliphatic carbocycles. The van der Waals surface area contributed by atoms with Gasteiger partial charge in [0.15, 0.2) is 0 Å². The minimum Gasteiger partial charge on any atom is -0.339 e. The van der Waals surface area contributed by atoms with Crippen LogP contribution in [0, 0.1) is 5.92 Å². The fraction of sp³-hybridized carbons (Fsp3) is 0.923. The smallest absolute Gasteiger partial charge is 0.239 e. The van der Waals surface area contributed by atoms with E-state index in [1.165, 1.54) is 0 Å². The highest BCUT2D eigenvalue weighted by Crippen LogP contribution is 2.22. The molecule has 1 amide bonds. The fourth-order valence-electron chi connectivity index (χ4n) is 2.50. The zero-order valence-corrected chi connectivity index (χ0v) is 10.9. The van der Waals surface area contributed by atoms with Gasteiger partial charge in [-0.15, -0.1) is 0 Å². The number of unbranched alkanes of at least 4 members (excludes halogenated alkanes) is 1. The number of amides is 1. The van der Waals surface area contributed by atoms with Crippen molar-refractivity contribution in [3.8, 4) is 0 Å². The summed E-state index contributed by atoms with van der Waals surface area (Å²) in [5, 5.41) is 0. The Morgan fingerprint density at radius 2 is 2.19 bits per heavy atom. The summed E-state index contributed by atoms with van der Waals surface area (Å²) in [6, 6.07) is 0.0831. The van der Waals surface area contributed by atoms with E-state index in [2.05, 4.69) is 20.8 Å². The number of nitrogens with two attached hydrogens (primary N) is 1. The molecule has 3 nitrogen and oxygen atoms in total. The number of hydrogen-bond donors (Lipinski definition) is 1. The van der Waals surface area contributed by atoms with Gasteiger partial charge >= 0.3 is 0 Å². The molecule has 2 N–H and O–H groups in total. The molecule has 0 saturated carbocycles. The van der Waals surface area contributed by atoms with E-state index in [9.17, 15) is 4.79 Å². The first-order valence-electron chi connectivity index (χ1n) is 6.62. The predicted molar refractivity (Wildman–Crippen MR) is 67.1 cm³/mol. The van der Waals surface area contributed by atoms with Crippen LogP contribution in [0.3, 0.4) is 0 Å². The van der Waals surface area contributed by atoms with Crippen molar-refractivity contribution >= 4 is 5.91 Å². The standard InChI is InChI=1S/C13H26N2O/c1-4-5-6-12(14)13(16)15-8-7-10(2)9-11(15)3/h10-12H,4-9,14H2,1-3H3/t10?,11?,12-/m0/s1. The lowest BCUT2D eigenvalue weighted by Crippen LogP contribution is -2.50. The number of rotatable bonds is 4. The van der Waals surface area contributed by atoms with Crippen LogP contribution in [0.2, 0.25) is 0 Å². The van der Waals surface area contributed by atoms with Crippen molar-refractivity contribution in [2.45, 2.75) is 65.0 Å². The average Bonchev–Trinajstić information content (AvgIpc) is 2.25. The second-order valence-electron chi connectivity index (χ2n) is 5.26. The van der Waals surface area contributed by atoms with Crippen LogP contribution in [-0.2, 0) is 4.79 Å². The molecule has 1 heterocycles. The Labute approximate surface area is 99.4 Å². The molecule has 0 aromatic carbocycles. The summed E-state index contributed by atoms with van der Waals surface area (Å²) in [6.45, 7) is 7.42. The SMILES string of the molecule is CCCC[C@H](N)C(=O)N1CCC(C)CC1C. The van der Waals surface area contributed by atoms with Crippen molar-refractivity contribution in [1.82, 2.24) is 4.90 Å². The van der Waals surface area contributed by atoms with Crippen LogP contribution >= 0.6 is 0 Å². The van der Waals surface area contributed by atoms with Gasteiger partial charge in [-0.2, -0.15) is 0 Å². The summed E-state index contributed by atoms with van der Waals surface area (Å²) in [4.78, 5) is 14.1. The molecule has 0 aromatic heterocycles. The number of piperidine rings is 1. The molecule has 1 aliphatic heterocycles. The molecule has 16 heavy (non-hydrogen) atoms. The summed E-state index contributed by atoms with van der Waals surface area (Å²) in [7, 11) is 0. The summed E-state index contributed by atoms with van der Waals surface area (Å²) >= 11 is 0. The monoisotopic (exact) mass is 226 g/mol. The first kappa shape index (κ1) is 13.5. The summed E-state index contributed by atoms with van der Waals surface area (Å²) in [6.07, 6.45) is 5.22. The van der Waals surface area contributed by atoms with Gasteiger partial charge in [0, 0.05) is 12.6 Å². The van der Waals surface area contributed by atoms with E-state index < -0.39 is 0 Å². The maximum absolute atomic E-state index is 12.1. The van der Waals surface area contributed by atoms with Crippen LogP contribution in [0.15, 0.2) is 0 Å². The van der Waals surface area contributed by atoms with E-state index in [1.807, 2.05) is 4.90 Å². The third-order valence-corrected chi connectivity index (χ3v) is 3.61. The highest BCUT2D eigenvalue weighted by molar-refractivity contribution is 5.82. The second-order valence-corrected chi connectivity index (χ2v) is 5.26. The minimum atomic E-state index is -0.282. The lowest BCUT2D eigenvalue weighted by Gasteiger charge is -2.38. The van der Waals surface area contributed by atoms with Gasteiger partial charge < -0.3 is 10.6 Å². The Kier molecular flexibility index (Phi) is 5.26. The van der Waals surface area contributed by atoms with Gasteiger partial charge in [0.25, 0.3) is 0 Å². The molecular formula is C13H26N2O. The van der Waals surface area contributed by atoms with Gasteiger partial charge in [-0.05, 0) is 32.1 Å². The lowest BCUT2D eigenvalue weighted by atomic mass is 9.92. The van der Waals surface area contributed by atoms with Gasteiger partial charge in [-0.1, -0.05) is 26.7 Å². The summed E-state index contributed by atoms with van der Waals surface area (Å²) in [5.41, 5.74) is 5.94. The van der Waals surface area contributed by atoms with E-state index in [4.69, 9.17) is 5.73 Å². The van der Waals surface area contributed by atoms with Gasteiger partial charge in [-0.3, -0.25) is 4.79 Å². The maximum Gasteiger partial charge on any atom is 0.239 e. The molecule has 1 saturated heterocycles.